The molecule has 0 saturated heterocycles. The number of hydrogen-bond donors (Lipinski definition) is 0. The molecule has 0 amide bonds. The third kappa shape index (κ3) is 9.51. The van der Waals surface area contributed by atoms with Crippen LogP contribution in [0.1, 0.15) is 33.4 Å². The molecular weight excluding hydrogens is 1300 g/mol. The molecule has 0 aliphatic rings. The molecule has 0 aliphatic carbocycles. The fourth-order valence-electron chi connectivity index (χ4n) is 17.0. The van der Waals surface area contributed by atoms with E-state index in [0.29, 0.717) is 28.8 Å². The van der Waals surface area contributed by atoms with E-state index in [1.165, 1.54) is 34.4 Å². The Morgan fingerprint density at radius 1 is 0.295 bits per heavy atom. The summed E-state index contributed by atoms with van der Waals surface area (Å²) in [6.07, 6.45) is -4.16. The quantitative estimate of drug-likeness (QED) is 0.137. The molecule has 0 radical (unpaired) electrons. The summed E-state index contributed by atoms with van der Waals surface area (Å²) < 4.78 is 58.4. The van der Waals surface area contributed by atoms with E-state index in [0.717, 1.165) is 143 Å². The highest BCUT2D eigenvalue weighted by atomic mass is 19.4. The number of para-hydroxylation sites is 6. The second-order valence-electron chi connectivity index (χ2n) is 27.3. The Labute approximate surface area is 600 Å². The summed E-state index contributed by atoms with van der Waals surface area (Å²) >= 11 is 0. The normalized spacial score (nSPS) is 12.0. The molecule has 105 heavy (non-hydrogen) atoms. The zero-order valence-electron chi connectivity index (χ0n) is 56.6. The van der Waals surface area contributed by atoms with Crippen LogP contribution in [0.5, 0.6) is 0 Å². The lowest BCUT2D eigenvalue weighted by molar-refractivity contribution is -0.137. The van der Waals surface area contributed by atoms with Crippen molar-refractivity contribution in [2.24, 2.45) is 0 Å². The van der Waals surface area contributed by atoms with Crippen molar-refractivity contribution in [3.05, 3.63) is 355 Å². The SMILES string of the molecule is Cc1ccccc1-c1ccccc1Cc1ccc2c(c1)c1cc(-n3c4ccccc4c4ccccc43)ccc1n2-c1ccc(C#N)c(-c2cc(-c3ccc(C#N)cc3C(F)(F)F)ccc2-n2c3ccc(-n4c5ccccc5c5ccccc54)cc3c3cc(-n4c5ccccc5c5ccccc54)ccc32)c1. The van der Waals surface area contributed by atoms with Gasteiger partial charge in [-0.2, -0.15) is 23.7 Å². The number of rotatable bonds is 10. The number of benzene rings is 15. The average Bonchev–Trinajstić information content (AvgIpc) is 1.58. The van der Waals surface area contributed by atoms with Crippen molar-refractivity contribution in [3.8, 4) is 74.0 Å². The summed E-state index contributed by atoms with van der Waals surface area (Å²) in [5.41, 5.74) is 20.6. The largest absolute Gasteiger partial charge is 0.417 e. The van der Waals surface area contributed by atoms with Crippen LogP contribution in [0.3, 0.4) is 0 Å². The first-order valence-corrected chi connectivity index (χ1v) is 35.1. The van der Waals surface area contributed by atoms with E-state index in [2.05, 4.69) is 303 Å². The van der Waals surface area contributed by atoms with Gasteiger partial charge in [-0.3, -0.25) is 0 Å². The fourth-order valence-corrected chi connectivity index (χ4v) is 17.0. The van der Waals surface area contributed by atoms with Gasteiger partial charge < -0.3 is 22.8 Å². The topological polar surface area (TPSA) is 72.2 Å². The molecule has 20 aromatic rings. The minimum atomic E-state index is -4.82. The summed E-state index contributed by atoms with van der Waals surface area (Å²) in [4.78, 5) is 0. The summed E-state index contributed by atoms with van der Waals surface area (Å²) in [7, 11) is 0. The van der Waals surface area contributed by atoms with Crippen LogP contribution >= 0.6 is 0 Å². The van der Waals surface area contributed by atoms with Crippen molar-refractivity contribution in [1.82, 2.24) is 22.8 Å². The summed E-state index contributed by atoms with van der Waals surface area (Å²) in [5.74, 6) is 0. The van der Waals surface area contributed by atoms with E-state index >= 15 is 13.2 Å². The van der Waals surface area contributed by atoms with Gasteiger partial charge in [0.25, 0.3) is 0 Å². The highest BCUT2D eigenvalue weighted by Crippen LogP contribution is 2.47. The van der Waals surface area contributed by atoms with Crippen molar-refractivity contribution < 1.29 is 13.2 Å². The fraction of sp³-hybridized carbons (Fsp3) is 0.0316. The third-order valence-electron chi connectivity index (χ3n) is 21.6. The zero-order chi connectivity index (χ0) is 70.3. The van der Waals surface area contributed by atoms with Crippen LogP contribution in [0.15, 0.2) is 322 Å². The van der Waals surface area contributed by atoms with Crippen LogP contribution in [-0.4, -0.2) is 22.8 Å². The van der Waals surface area contributed by atoms with Gasteiger partial charge in [-0.1, -0.05) is 176 Å². The number of halogens is 3. The number of aryl methyl sites for hydroxylation is 1. The molecule has 0 atom stereocenters. The Morgan fingerprint density at radius 3 is 1.16 bits per heavy atom. The molecule has 0 bridgehead atoms. The third-order valence-corrected chi connectivity index (χ3v) is 21.6. The summed E-state index contributed by atoms with van der Waals surface area (Å²) in [6, 6.07) is 114. The van der Waals surface area contributed by atoms with Crippen LogP contribution < -0.4 is 0 Å². The van der Waals surface area contributed by atoms with E-state index < -0.39 is 11.7 Å². The van der Waals surface area contributed by atoms with Crippen LogP contribution in [-0.2, 0) is 12.6 Å². The molecule has 0 unspecified atom stereocenters. The molecule has 5 heterocycles. The molecule has 0 N–H and O–H groups in total. The van der Waals surface area contributed by atoms with Gasteiger partial charge in [0.1, 0.15) is 0 Å². The van der Waals surface area contributed by atoms with Gasteiger partial charge in [0.05, 0.1) is 89.7 Å². The first kappa shape index (κ1) is 61.0. The summed E-state index contributed by atoms with van der Waals surface area (Å²) in [5, 5.41) is 32.4. The maximum Gasteiger partial charge on any atom is 0.417 e. The van der Waals surface area contributed by atoms with Gasteiger partial charge >= 0.3 is 6.18 Å². The molecule has 0 saturated carbocycles. The van der Waals surface area contributed by atoms with E-state index in [-0.39, 0.29) is 16.7 Å². The van der Waals surface area contributed by atoms with Gasteiger partial charge in [0, 0.05) is 87.7 Å². The highest BCUT2D eigenvalue weighted by molar-refractivity contribution is 6.16. The lowest BCUT2D eigenvalue weighted by Crippen LogP contribution is -2.08. The minimum absolute atomic E-state index is 0.100. The van der Waals surface area contributed by atoms with Crippen molar-refractivity contribution in [1.29, 1.82) is 10.5 Å². The van der Waals surface area contributed by atoms with E-state index in [4.69, 9.17) is 0 Å². The Bertz CT molecular complexity index is 6840. The number of fused-ring (bicyclic) bond motifs is 15. The molecule has 5 aromatic heterocycles. The molecule has 7 nitrogen and oxygen atoms in total. The van der Waals surface area contributed by atoms with Crippen molar-refractivity contribution >= 4 is 109 Å². The van der Waals surface area contributed by atoms with Crippen LogP contribution in [0, 0.1) is 29.6 Å². The second-order valence-corrected chi connectivity index (χ2v) is 27.3. The van der Waals surface area contributed by atoms with Gasteiger partial charge in [-0.05, 0) is 198 Å². The maximum atomic E-state index is 15.6. The number of nitriles is 2. The van der Waals surface area contributed by atoms with Gasteiger partial charge in [0.2, 0.25) is 0 Å². The predicted octanol–water partition coefficient (Wildman–Crippen LogP) is 24.8. The number of alkyl halides is 3. The molecule has 15 aromatic carbocycles. The van der Waals surface area contributed by atoms with Gasteiger partial charge in [-0.25, -0.2) is 0 Å². The molecule has 10 heteroatoms. The van der Waals surface area contributed by atoms with Crippen molar-refractivity contribution in [3.63, 3.8) is 0 Å². The number of hydrogen-bond acceptors (Lipinski definition) is 2. The molecular formula is C95H58F3N7. The lowest BCUT2D eigenvalue weighted by atomic mass is 9.91. The monoisotopic (exact) mass is 1350 g/mol. The Kier molecular flexibility index (Phi) is 13.7. The smallest absolute Gasteiger partial charge is 0.309 e. The summed E-state index contributed by atoms with van der Waals surface area (Å²) in [6.45, 7) is 2.16. The van der Waals surface area contributed by atoms with Gasteiger partial charge in [-0.15, -0.1) is 0 Å². The van der Waals surface area contributed by atoms with Crippen molar-refractivity contribution in [2.75, 3.05) is 0 Å². The first-order valence-electron chi connectivity index (χ1n) is 35.1. The van der Waals surface area contributed by atoms with Crippen molar-refractivity contribution in [2.45, 2.75) is 19.5 Å². The van der Waals surface area contributed by atoms with Crippen LogP contribution in [0.4, 0.5) is 13.2 Å². The molecule has 0 spiro atoms. The number of nitrogens with zero attached hydrogens (tertiary/aromatic N) is 7. The van der Waals surface area contributed by atoms with Crippen LogP contribution in [0.25, 0.3) is 171 Å². The lowest BCUT2D eigenvalue weighted by Gasteiger charge is -2.20. The Hall–Kier alpha value is -13.9. The highest BCUT2D eigenvalue weighted by Gasteiger charge is 2.35. The molecule has 20 rings (SSSR count). The molecule has 0 fully saturated rings. The second kappa shape index (κ2) is 23.6. The number of aromatic nitrogens is 5. The standard InChI is InChI=1S/C95H58F3N7/c1-58-18-2-4-20-68(58)69-21-5-3-19-61(69)48-59-35-43-90-78(49-59)80-53-65(101-84-28-12-6-22-71(84)72-23-7-13-29-85(72)101)39-45-91(80)104(90)64-38-36-63(57-100)77(52-64)79-51-62(70-42-34-60(56-99)50-83(70)95(96,97)98)37-44-92(79)105-93-46-40-66(102-86-30-14-8-24-73(86)74-25-9-15-31-87(74)102)54-81(93)82-55-67(41-47-94(82)105)103-88-32-16-10-26-75(88)76-27-11-17-33-89(76)103/h2-47,49-55H,48H2,1H3. The van der Waals surface area contributed by atoms with Crippen LogP contribution in [0.2, 0.25) is 0 Å². The molecule has 0 aliphatic heterocycles. The Balaban J connectivity index is 0.845. The van der Waals surface area contributed by atoms with E-state index in [1.807, 2.05) is 30.3 Å². The zero-order valence-corrected chi connectivity index (χ0v) is 56.6. The predicted molar refractivity (Wildman–Crippen MR) is 423 cm³/mol. The molecule has 494 valence electrons. The van der Waals surface area contributed by atoms with Gasteiger partial charge in [0.15, 0.2) is 0 Å². The average molecular weight is 1350 g/mol. The Morgan fingerprint density at radius 2 is 0.695 bits per heavy atom. The van der Waals surface area contributed by atoms with E-state index in [1.54, 1.807) is 12.1 Å². The minimum Gasteiger partial charge on any atom is -0.309 e. The van der Waals surface area contributed by atoms with E-state index in [9.17, 15) is 10.5 Å². The first-order chi connectivity index (χ1) is 51.5. The maximum absolute atomic E-state index is 15.6.